The van der Waals surface area contributed by atoms with E-state index in [0.29, 0.717) is 17.4 Å². The largest absolute Gasteiger partial charge is 0.493 e. The second-order valence-corrected chi connectivity index (χ2v) is 4.85. The Morgan fingerprint density at radius 1 is 1.40 bits per heavy atom. The van der Waals surface area contributed by atoms with E-state index in [4.69, 9.17) is 4.74 Å². The quantitative estimate of drug-likeness (QED) is 0.681. The molecule has 110 valence electrons. The molecule has 0 spiro atoms. The Labute approximate surface area is 113 Å². The molecule has 1 heterocycles. The zero-order valence-corrected chi connectivity index (χ0v) is 10.6. The second kappa shape index (κ2) is 5.09. The van der Waals surface area contributed by atoms with E-state index in [9.17, 15) is 22.7 Å². The molecule has 2 rings (SSSR count). The number of halogens is 4. The lowest BCUT2D eigenvalue weighted by Crippen LogP contribution is -2.44. The summed E-state index contributed by atoms with van der Waals surface area (Å²) in [7, 11) is 0. The summed E-state index contributed by atoms with van der Waals surface area (Å²) in [5.74, 6) is -0.830. The van der Waals surface area contributed by atoms with Crippen LogP contribution in [0.25, 0.3) is 0 Å². The lowest BCUT2D eigenvalue weighted by molar-refractivity contribution is -0.243. The van der Waals surface area contributed by atoms with Crippen molar-refractivity contribution in [3.8, 4) is 5.75 Å². The highest BCUT2D eigenvalue weighted by atomic mass is 19.4. The first kappa shape index (κ1) is 14.8. The Morgan fingerprint density at radius 3 is 2.70 bits per heavy atom. The first-order chi connectivity index (χ1) is 9.27. The van der Waals surface area contributed by atoms with Gasteiger partial charge in [0.15, 0.2) is 5.60 Å². The molecular formula is C14H14F4O2. The zero-order chi connectivity index (χ0) is 15.0. The lowest BCUT2D eigenvalue weighted by atomic mass is 9.82. The van der Waals surface area contributed by atoms with E-state index in [1.165, 1.54) is 12.1 Å². The van der Waals surface area contributed by atoms with Crippen molar-refractivity contribution in [3.05, 3.63) is 42.2 Å². The third-order valence-corrected chi connectivity index (χ3v) is 3.52. The van der Waals surface area contributed by atoms with Crippen LogP contribution in [0, 0.1) is 5.82 Å². The van der Waals surface area contributed by atoms with E-state index in [1.54, 1.807) is 0 Å². The third-order valence-electron chi connectivity index (χ3n) is 3.52. The summed E-state index contributed by atoms with van der Waals surface area (Å²) >= 11 is 0. The first-order valence-corrected chi connectivity index (χ1v) is 6.12. The monoisotopic (exact) mass is 290 g/mol. The van der Waals surface area contributed by atoms with Gasteiger partial charge in [0.05, 0.1) is 6.61 Å². The maximum Gasteiger partial charge on any atom is 0.420 e. The Morgan fingerprint density at radius 2 is 2.10 bits per heavy atom. The summed E-state index contributed by atoms with van der Waals surface area (Å²) in [6.45, 7) is 3.29. The van der Waals surface area contributed by atoms with Crippen LogP contribution in [-0.2, 0) is 0 Å². The number of rotatable bonds is 3. The summed E-state index contributed by atoms with van der Waals surface area (Å²) in [5, 5.41) is 9.73. The summed E-state index contributed by atoms with van der Waals surface area (Å²) in [6, 6.07) is 3.72. The minimum Gasteiger partial charge on any atom is -0.493 e. The van der Waals surface area contributed by atoms with E-state index >= 15 is 0 Å². The molecule has 1 aliphatic heterocycles. The van der Waals surface area contributed by atoms with Gasteiger partial charge >= 0.3 is 6.18 Å². The molecule has 1 N–H and O–H groups in total. The smallest absolute Gasteiger partial charge is 0.420 e. The van der Waals surface area contributed by atoms with E-state index in [1.807, 2.05) is 0 Å². The van der Waals surface area contributed by atoms with Gasteiger partial charge in [-0.25, -0.2) is 4.39 Å². The lowest BCUT2D eigenvalue weighted by Gasteiger charge is -2.33. The molecule has 0 aromatic heterocycles. The predicted octanol–water partition coefficient (Wildman–Crippen LogP) is 3.56. The number of aliphatic hydroxyl groups is 1. The van der Waals surface area contributed by atoms with Crippen LogP contribution in [0.15, 0.2) is 30.9 Å². The van der Waals surface area contributed by atoms with Gasteiger partial charge in [-0.1, -0.05) is 12.7 Å². The molecule has 2 unspecified atom stereocenters. The normalized spacial score (nSPS) is 21.6. The highest BCUT2D eigenvalue weighted by Gasteiger charge is 2.52. The minimum absolute atomic E-state index is 0.231. The third kappa shape index (κ3) is 2.65. The second-order valence-electron chi connectivity index (χ2n) is 4.85. The van der Waals surface area contributed by atoms with Crippen molar-refractivity contribution >= 4 is 0 Å². The Bertz CT molecular complexity index is 512. The average Bonchev–Trinajstić information content (AvgIpc) is 2.38. The van der Waals surface area contributed by atoms with Crippen molar-refractivity contribution < 1.29 is 27.4 Å². The molecule has 1 aromatic carbocycles. The SMILES string of the molecule is C=CC(O)(CC1CCOc2ccc(F)cc21)C(F)(F)F. The molecule has 0 saturated carbocycles. The van der Waals surface area contributed by atoms with Crippen LogP contribution in [0.1, 0.15) is 24.3 Å². The maximum absolute atomic E-state index is 13.3. The van der Waals surface area contributed by atoms with Crippen molar-refractivity contribution in [2.45, 2.75) is 30.5 Å². The fourth-order valence-electron chi connectivity index (χ4n) is 2.34. The number of hydrogen-bond acceptors (Lipinski definition) is 2. The molecule has 2 atom stereocenters. The Hall–Kier alpha value is -1.56. The van der Waals surface area contributed by atoms with Gasteiger partial charge in [0.25, 0.3) is 0 Å². The molecule has 6 heteroatoms. The van der Waals surface area contributed by atoms with Crippen molar-refractivity contribution in [1.29, 1.82) is 0 Å². The van der Waals surface area contributed by atoms with Gasteiger partial charge in [0, 0.05) is 5.56 Å². The molecule has 1 aromatic rings. The van der Waals surface area contributed by atoms with Crippen LogP contribution < -0.4 is 4.74 Å². The van der Waals surface area contributed by atoms with Crippen LogP contribution in [0.2, 0.25) is 0 Å². The number of fused-ring (bicyclic) bond motifs is 1. The standard InChI is InChI=1S/C14H14F4O2/c1-2-13(19,14(16,17)18)8-9-5-6-20-12-4-3-10(15)7-11(9)12/h2-4,7,9,19H,1,5-6,8H2. The van der Waals surface area contributed by atoms with Crippen molar-refractivity contribution in [3.63, 3.8) is 0 Å². The first-order valence-electron chi connectivity index (χ1n) is 6.12. The van der Waals surface area contributed by atoms with Gasteiger partial charge < -0.3 is 9.84 Å². The molecule has 0 bridgehead atoms. The van der Waals surface area contributed by atoms with Crippen molar-refractivity contribution in [2.75, 3.05) is 6.61 Å². The van der Waals surface area contributed by atoms with Crippen molar-refractivity contribution in [1.82, 2.24) is 0 Å². The van der Waals surface area contributed by atoms with Gasteiger partial charge in [-0.3, -0.25) is 0 Å². The number of alkyl halides is 3. The number of benzene rings is 1. The molecule has 0 amide bonds. The Balaban J connectivity index is 2.32. The topological polar surface area (TPSA) is 29.5 Å². The van der Waals surface area contributed by atoms with Crippen LogP contribution in [-0.4, -0.2) is 23.5 Å². The van der Waals surface area contributed by atoms with Gasteiger partial charge in [-0.15, -0.1) is 0 Å². The molecule has 20 heavy (non-hydrogen) atoms. The summed E-state index contributed by atoms with van der Waals surface area (Å²) in [4.78, 5) is 0. The van der Waals surface area contributed by atoms with Gasteiger partial charge in [-0.2, -0.15) is 13.2 Å². The summed E-state index contributed by atoms with van der Waals surface area (Å²) in [6.07, 6.45) is -4.65. The molecule has 0 fully saturated rings. The fraction of sp³-hybridized carbons (Fsp3) is 0.429. The van der Waals surface area contributed by atoms with Crippen molar-refractivity contribution in [2.24, 2.45) is 0 Å². The minimum atomic E-state index is -4.82. The molecule has 2 nitrogen and oxygen atoms in total. The molecule has 0 saturated heterocycles. The summed E-state index contributed by atoms with van der Waals surface area (Å²) < 4.78 is 57.2. The highest BCUT2D eigenvalue weighted by molar-refractivity contribution is 5.38. The molecule has 0 aliphatic carbocycles. The number of hydrogen-bond donors (Lipinski definition) is 1. The summed E-state index contributed by atoms with van der Waals surface area (Å²) in [5.41, 5.74) is -2.64. The van der Waals surface area contributed by atoms with Crippen LogP contribution in [0.3, 0.4) is 0 Å². The van der Waals surface area contributed by atoms with E-state index in [2.05, 4.69) is 6.58 Å². The number of ether oxygens (including phenoxy) is 1. The average molecular weight is 290 g/mol. The zero-order valence-electron chi connectivity index (χ0n) is 10.6. The molecular weight excluding hydrogens is 276 g/mol. The van der Waals surface area contributed by atoms with E-state index in [-0.39, 0.29) is 13.0 Å². The predicted molar refractivity (Wildman–Crippen MR) is 65.1 cm³/mol. The van der Waals surface area contributed by atoms with Crippen LogP contribution >= 0.6 is 0 Å². The maximum atomic E-state index is 13.3. The van der Waals surface area contributed by atoms with E-state index < -0.39 is 29.9 Å². The van der Waals surface area contributed by atoms with Gasteiger partial charge in [0.1, 0.15) is 11.6 Å². The van der Waals surface area contributed by atoms with Crippen LogP contribution in [0.5, 0.6) is 5.75 Å². The Kier molecular flexibility index (Phi) is 3.77. The fourth-order valence-corrected chi connectivity index (χ4v) is 2.34. The highest BCUT2D eigenvalue weighted by Crippen LogP contribution is 2.43. The van der Waals surface area contributed by atoms with Crippen LogP contribution in [0.4, 0.5) is 17.6 Å². The van der Waals surface area contributed by atoms with Gasteiger partial charge in [-0.05, 0) is 37.0 Å². The van der Waals surface area contributed by atoms with E-state index in [0.717, 1.165) is 6.07 Å². The van der Waals surface area contributed by atoms with Gasteiger partial charge in [0.2, 0.25) is 0 Å². The molecule has 1 aliphatic rings. The molecule has 0 radical (unpaired) electrons.